The predicted molar refractivity (Wildman–Crippen MR) is 94.3 cm³/mol. The van der Waals surface area contributed by atoms with Crippen molar-refractivity contribution in [2.75, 3.05) is 19.3 Å². The predicted octanol–water partition coefficient (Wildman–Crippen LogP) is 1.25. The number of hydrogen-bond donors (Lipinski definition) is 2. The summed E-state index contributed by atoms with van der Waals surface area (Å²) >= 11 is 0. The molecule has 5 fully saturated rings. The fraction of sp³-hybridized carbons (Fsp3) is 0.944. The van der Waals surface area contributed by atoms with E-state index in [4.69, 9.17) is 0 Å². The number of nitrogens with one attached hydrogen (secondary N) is 1. The van der Waals surface area contributed by atoms with E-state index in [0.717, 1.165) is 44.9 Å². The lowest BCUT2D eigenvalue weighted by molar-refractivity contribution is -0.169. The topological polar surface area (TPSA) is 86.7 Å². The summed E-state index contributed by atoms with van der Waals surface area (Å²) in [6, 6.07) is -0.0898. The summed E-state index contributed by atoms with van der Waals surface area (Å²) < 4.78 is 24.9. The number of carbonyl (C=O) groups is 1. The molecule has 0 unspecified atom stereocenters. The fourth-order valence-electron chi connectivity index (χ4n) is 6.59. The Hall–Kier alpha value is -0.660. The molecular formula is C18H30N2O4S. The van der Waals surface area contributed by atoms with E-state index in [1.54, 1.807) is 0 Å². The molecule has 5 aliphatic rings. The van der Waals surface area contributed by atoms with Gasteiger partial charge in [-0.15, -0.1) is 0 Å². The van der Waals surface area contributed by atoms with Crippen LogP contribution in [0.3, 0.4) is 0 Å². The number of hydrogen-bond acceptors (Lipinski definition) is 4. The number of rotatable bonds is 4. The average Bonchev–Trinajstić information content (AvgIpc) is 2.42. The second-order valence-electron chi connectivity index (χ2n) is 9.39. The first-order valence-corrected chi connectivity index (χ1v) is 11.5. The third kappa shape index (κ3) is 3.60. The van der Waals surface area contributed by atoms with E-state index in [-0.39, 0.29) is 17.4 Å². The third-order valence-electron chi connectivity index (χ3n) is 6.91. The van der Waals surface area contributed by atoms with Crippen LogP contribution in [0, 0.1) is 17.3 Å². The highest BCUT2D eigenvalue weighted by atomic mass is 32.2. The second-order valence-corrected chi connectivity index (χ2v) is 11.4. The standard InChI is InChI=1S/C18H30N2O4S/c1-25(23,24)20-4-2-3-15(11-20)19-16(21)10-17-6-13-5-14(7-17)9-18(22,8-13)12-17/h13-15,22H,2-12H2,1H3,(H,19,21)/t13-,14-,15-,17?,18?/m1/s1. The van der Waals surface area contributed by atoms with Gasteiger partial charge in [0.25, 0.3) is 0 Å². The van der Waals surface area contributed by atoms with Crippen molar-refractivity contribution in [2.45, 2.75) is 69.4 Å². The van der Waals surface area contributed by atoms with Crippen LogP contribution in [-0.2, 0) is 14.8 Å². The molecule has 4 aliphatic carbocycles. The summed E-state index contributed by atoms with van der Waals surface area (Å²) in [4.78, 5) is 12.7. The Labute approximate surface area is 150 Å². The Bertz CT molecular complexity index is 648. The smallest absolute Gasteiger partial charge is 0.220 e. The fourth-order valence-corrected chi connectivity index (χ4v) is 7.50. The quantitative estimate of drug-likeness (QED) is 0.780. The summed E-state index contributed by atoms with van der Waals surface area (Å²) in [5.41, 5.74) is -0.573. The van der Waals surface area contributed by atoms with E-state index in [0.29, 0.717) is 31.3 Å². The molecule has 0 radical (unpaired) electrons. The molecule has 142 valence electrons. The Kier molecular flexibility index (Phi) is 4.20. The van der Waals surface area contributed by atoms with Gasteiger partial charge in [0.2, 0.25) is 15.9 Å². The van der Waals surface area contributed by atoms with Crippen molar-refractivity contribution in [1.29, 1.82) is 0 Å². The molecule has 1 heterocycles. The van der Waals surface area contributed by atoms with Crippen LogP contribution < -0.4 is 5.32 Å². The van der Waals surface area contributed by atoms with Gasteiger partial charge in [-0.05, 0) is 68.6 Å². The van der Waals surface area contributed by atoms with Crippen LogP contribution in [0.25, 0.3) is 0 Å². The minimum atomic E-state index is -3.20. The number of sulfonamides is 1. The summed E-state index contributed by atoms with van der Waals surface area (Å²) in [6.07, 6.45) is 9.28. The Morgan fingerprint density at radius 3 is 2.52 bits per heavy atom. The first-order chi connectivity index (χ1) is 11.6. The van der Waals surface area contributed by atoms with Crippen molar-refractivity contribution in [3.05, 3.63) is 0 Å². The van der Waals surface area contributed by atoms with Crippen molar-refractivity contribution in [1.82, 2.24) is 9.62 Å². The van der Waals surface area contributed by atoms with Crippen molar-refractivity contribution >= 4 is 15.9 Å². The van der Waals surface area contributed by atoms with Crippen molar-refractivity contribution in [3.8, 4) is 0 Å². The largest absolute Gasteiger partial charge is 0.390 e. The lowest BCUT2D eigenvalue weighted by Crippen LogP contribution is -2.57. The van der Waals surface area contributed by atoms with Gasteiger partial charge in [-0.3, -0.25) is 4.79 Å². The normalized spacial score (nSPS) is 44.0. The van der Waals surface area contributed by atoms with E-state index in [1.807, 2.05) is 0 Å². The van der Waals surface area contributed by atoms with Gasteiger partial charge in [-0.25, -0.2) is 12.7 Å². The zero-order chi connectivity index (χ0) is 17.9. The van der Waals surface area contributed by atoms with Crippen LogP contribution in [0.15, 0.2) is 0 Å². The maximum Gasteiger partial charge on any atom is 0.220 e. The monoisotopic (exact) mass is 370 g/mol. The average molecular weight is 371 g/mol. The summed E-state index contributed by atoms with van der Waals surface area (Å²) in [5, 5.41) is 13.9. The van der Waals surface area contributed by atoms with Crippen LogP contribution in [0.1, 0.15) is 57.8 Å². The molecule has 0 aromatic heterocycles. The number of carbonyl (C=O) groups excluding carboxylic acids is 1. The zero-order valence-corrected chi connectivity index (χ0v) is 15.9. The molecule has 4 saturated carbocycles. The molecule has 25 heavy (non-hydrogen) atoms. The van der Waals surface area contributed by atoms with Crippen LogP contribution >= 0.6 is 0 Å². The van der Waals surface area contributed by atoms with Gasteiger partial charge in [0, 0.05) is 25.6 Å². The molecule has 4 bridgehead atoms. The molecule has 1 amide bonds. The number of piperidine rings is 1. The number of aliphatic hydroxyl groups is 1. The van der Waals surface area contributed by atoms with Crippen molar-refractivity contribution < 1.29 is 18.3 Å². The first-order valence-electron chi connectivity index (χ1n) is 9.62. The molecule has 2 N–H and O–H groups in total. The molecule has 3 atom stereocenters. The molecule has 0 aromatic rings. The minimum absolute atomic E-state index is 0.0332. The third-order valence-corrected chi connectivity index (χ3v) is 8.17. The molecular weight excluding hydrogens is 340 g/mol. The van der Waals surface area contributed by atoms with E-state index >= 15 is 0 Å². The number of amides is 1. The molecule has 7 heteroatoms. The van der Waals surface area contributed by atoms with Gasteiger partial charge < -0.3 is 10.4 Å². The van der Waals surface area contributed by atoms with Gasteiger partial charge >= 0.3 is 0 Å². The Morgan fingerprint density at radius 2 is 1.92 bits per heavy atom. The molecule has 0 aromatic carbocycles. The molecule has 5 rings (SSSR count). The van der Waals surface area contributed by atoms with Gasteiger partial charge in [0.15, 0.2) is 0 Å². The lowest BCUT2D eigenvalue weighted by Gasteiger charge is -2.60. The van der Waals surface area contributed by atoms with E-state index in [9.17, 15) is 18.3 Å². The van der Waals surface area contributed by atoms with Gasteiger partial charge in [-0.1, -0.05) is 0 Å². The van der Waals surface area contributed by atoms with E-state index < -0.39 is 15.6 Å². The van der Waals surface area contributed by atoms with Gasteiger partial charge in [-0.2, -0.15) is 0 Å². The van der Waals surface area contributed by atoms with E-state index in [2.05, 4.69) is 5.32 Å². The number of nitrogens with zero attached hydrogens (tertiary/aromatic N) is 1. The molecule has 1 saturated heterocycles. The summed E-state index contributed by atoms with van der Waals surface area (Å²) in [5.74, 6) is 1.19. The maximum atomic E-state index is 12.7. The molecule has 1 aliphatic heterocycles. The van der Waals surface area contributed by atoms with Crippen molar-refractivity contribution in [3.63, 3.8) is 0 Å². The minimum Gasteiger partial charge on any atom is -0.390 e. The molecule has 6 nitrogen and oxygen atoms in total. The van der Waals surface area contributed by atoms with Gasteiger partial charge in [0.05, 0.1) is 11.9 Å². The SMILES string of the molecule is CS(=O)(=O)N1CCC[C@@H](NC(=O)CC23C[C@H]4C[C@@H](CC(O)(C4)C2)C3)C1. The van der Waals surface area contributed by atoms with Crippen LogP contribution in [0.2, 0.25) is 0 Å². The van der Waals surface area contributed by atoms with Crippen molar-refractivity contribution in [2.24, 2.45) is 17.3 Å². The highest BCUT2D eigenvalue weighted by Crippen LogP contribution is 2.62. The van der Waals surface area contributed by atoms with Crippen LogP contribution in [0.5, 0.6) is 0 Å². The molecule has 0 spiro atoms. The van der Waals surface area contributed by atoms with Crippen LogP contribution in [-0.4, -0.2) is 54.7 Å². The Morgan fingerprint density at radius 1 is 1.24 bits per heavy atom. The van der Waals surface area contributed by atoms with Crippen LogP contribution in [0.4, 0.5) is 0 Å². The second kappa shape index (κ2) is 5.92. The lowest BCUT2D eigenvalue weighted by atomic mass is 9.47. The van der Waals surface area contributed by atoms with Gasteiger partial charge in [0.1, 0.15) is 0 Å². The van der Waals surface area contributed by atoms with E-state index in [1.165, 1.54) is 17.0 Å². The Balaban J connectivity index is 1.38. The highest BCUT2D eigenvalue weighted by molar-refractivity contribution is 7.88. The highest BCUT2D eigenvalue weighted by Gasteiger charge is 2.57. The summed E-state index contributed by atoms with van der Waals surface area (Å²) in [6.45, 7) is 0.929. The summed E-state index contributed by atoms with van der Waals surface area (Å²) in [7, 11) is -3.20. The first kappa shape index (κ1) is 17.7. The zero-order valence-electron chi connectivity index (χ0n) is 15.0. The maximum absolute atomic E-state index is 12.7.